The van der Waals surface area contributed by atoms with Crippen LogP contribution in [0.1, 0.15) is 10.4 Å². The highest BCUT2D eigenvalue weighted by Crippen LogP contribution is 2.29. The van der Waals surface area contributed by atoms with Crippen LogP contribution in [0.15, 0.2) is 71.8 Å². The van der Waals surface area contributed by atoms with Crippen LogP contribution in [0.3, 0.4) is 0 Å². The SMILES string of the molecule is CN1CCN(Sc2ccc(C(=O)Nc3ccc(Cl)c(-c4ccccn4)c3)cc2)CC1. The number of anilines is 1. The number of aromatic nitrogens is 1. The zero-order valence-corrected chi connectivity index (χ0v) is 18.3. The van der Waals surface area contributed by atoms with E-state index < -0.39 is 0 Å². The predicted molar refractivity (Wildman–Crippen MR) is 124 cm³/mol. The maximum atomic E-state index is 12.7. The number of hydrogen-bond donors (Lipinski definition) is 1. The van der Waals surface area contributed by atoms with Gasteiger partial charge in [0.15, 0.2) is 0 Å². The highest BCUT2D eigenvalue weighted by atomic mass is 35.5. The molecule has 0 saturated carbocycles. The van der Waals surface area contributed by atoms with E-state index in [4.69, 9.17) is 11.6 Å². The fraction of sp³-hybridized carbons (Fsp3) is 0.217. The van der Waals surface area contributed by atoms with Gasteiger partial charge in [-0.15, -0.1) is 0 Å². The Bertz CT molecular complexity index is 1010. The van der Waals surface area contributed by atoms with Gasteiger partial charge in [0, 0.05) is 54.1 Å². The highest BCUT2D eigenvalue weighted by molar-refractivity contribution is 7.97. The van der Waals surface area contributed by atoms with Crippen LogP contribution in [-0.2, 0) is 0 Å². The van der Waals surface area contributed by atoms with Crippen molar-refractivity contribution in [1.82, 2.24) is 14.2 Å². The van der Waals surface area contributed by atoms with Gasteiger partial charge in [0.2, 0.25) is 0 Å². The van der Waals surface area contributed by atoms with Gasteiger partial charge in [0.05, 0.1) is 10.7 Å². The van der Waals surface area contributed by atoms with Crippen molar-refractivity contribution >= 4 is 35.1 Å². The molecular weight excluding hydrogens is 416 g/mol. The van der Waals surface area contributed by atoms with E-state index in [2.05, 4.69) is 26.6 Å². The van der Waals surface area contributed by atoms with Gasteiger partial charge in [-0.25, -0.2) is 4.31 Å². The molecule has 0 aliphatic carbocycles. The van der Waals surface area contributed by atoms with Gasteiger partial charge in [0.1, 0.15) is 0 Å². The molecule has 1 aromatic heterocycles. The first kappa shape index (κ1) is 20.9. The van der Waals surface area contributed by atoms with Gasteiger partial charge >= 0.3 is 0 Å². The van der Waals surface area contributed by atoms with E-state index in [1.165, 1.54) is 0 Å². The van der Waals surface area contributed by atoms with Gasteiger partial charge < -0.3 is 10.2 Å². The molecule has 1 fully saturated rings. The first-order valence-corrected chi connectivity index (χ1v) is 11.0. The van der Waals surface area contributed by atoms with Crippen LogP contribution in [0.2, 0.25) is 5.02 Å². The van der Waals surface area contributed by atoms with Crippen LogP contribution in [0.5, 0.6) is 0 Å². The Morgan fingerprint density at radius 2 is 1.80 bits per heavy atom. The maximum Gasteiger partial charge on any atom is 0.255 e. The molecule has 0 atom stereocenters. The normalized spacial score (nSPS) is 15.1. The van der Waals surface area contributed by atoms with Crippen molar-refractivity contribution in [3.05, 3.63) is 77.4 Å². The zero-order chi connectivity index (χ0) is 20.9. The number of rotatable bonds is 5. The number of nitrogens with zero attached hydrogens (tertiary/aromatic N) is 3. The average molecular weight is 439 g/mol. The van der Waals surface area contributed by atoms with Crippen molar-refractivity contribution in [2.24, 2.45) is 0 Å². The molecule has 1 amide bonds. The number of halogens is 1. The third-order valence-electron chi connectivity index (χ3n) is 4.98. The molecule has 3 aromatic rings. The minimum Gasteiger partial charge on any atom is -0.322 e. The minimum absolute atomic E-state index is 0.152. The molecule has 2 aromatic carbocycles. The van der Waals surface area contributed by atoms with Crippen LogP contribution in [0.4, 0.5) is 5.69 Å². The molecule has 0 radical (unpaired) electrons. The maximum absolute atomic E-state index is 12.7. The second-order valence-corrected chi connectivity index (χ2v) is 8.79. The third-order valence-corrected chi connectivity index (χ3v) is 6.41. The fourth-order valence-corrected chi connectivity index (χ4v) is 4.34. The van der Waals surface area contributed by atoms with Crippen molar-refractivity contribution in [2.75, 3.05) is 38.5 Å². The van der Waals surface area contributed by atoms with Crippen LogP contribution in [0.25, 0.3) is 11.3 Å². The molecule has 0 spiro atoms. The van der Waals surface area contributed by atoms with E-state index in [0.29, 0.717) is 16.3 Å². The quantitative estimate of drug-likeness (QED) is 0.573. The molecule has 0 unspecified atom stereocenters. The molecule has 4 rings (SSSR count). The summed E-state index contributed by atoms with van der Waals surface area (Å²) in [6.07, 6.45) is 1.72. The average Bonchev–Trinajstić information content (AvgIpc) is 2.78. The fourth-order valence-electron chi connectivity index (χ4n) is 3.22. The molecule has 0 bridgehead atoms. The molecule has 154 valence electrons. The van der Waals surface area contributed by atoms with E-state index in [0.717, 1.165) is 42.3 Å². The number of piperazine rings is 1. The van der Waals surface area contributed by atoms with E-state index in [1.807, 2.05) is 48.5 Å². The van der Waals surface area contributed by atoms with Crippen molar-refractivity contribution in [1.29, 1.82) is 0 Å². The summed E-state index contributed by atoms with van der Waals surface area (Å²) >= 11 is 8.07. The number of carbonyl (C=O) groups is 1. The number of benzene rings is 2. The molecule has 2 heterocycles. The minimum atomic E-state index is -0.152. The Balaban J connectivity index is 1.41. The molecule has 1 aliphatic heterocycles. The van der Waals surface area contributed by atoms with E-state index in [9.17, 15) is 4.79 Å². The van der Waals surface area contributed by atoms with Gasteiger partial charge in [-0.2, -0.15) is 0 Å². The van der Waals surface area contributed by atoms with E-state index in [1.54, 1.807) is 30.3 Å². The number of carbonyl (C=O) groups excluding carboxylic acids is 1. The summed E-state index contributed by atoms with van der Waals surface area (Å²) < 4.78 is 2.36. The number of nitrogens with one attached hydrogen (secondary N) is 1. The third kappa shape index (κ3) is 5.21. The Kier molecular flexibility index (Phi) is 6.69. The van der Waals surface area contributed by atoms with E-state index >= 15 is 0 Å². The topological polar surface area (TPSA) is 48.5 Å². The lowest BCUT2D eigenvalue weighted by Crippen LogP contribution is -2.40. The smallest absolute Gasteiger partial charge is 0.255 e. The second-order valence-electron chi connectivity index (χ2n) is 7.21. The van der Waals surface area contributed by atoms with E-state index in [-0.39, 0.29) is 5.91 Å². The van der Waals surface area contributed by atoms with Crippen molar-refractivity contribution in [2.45, 2.75) is 4.90 Å². The number of likely N-dealkylation sites (N-methyl/N-ethyl adjacent to an activating group) is 1. The lowest BCUT2D eigenvalue weighted by atomic mass is 10.1. The Labute approximate surface area is 186 Å². The lowest BCUT2D eigenvalue weighted by molar-refractivity contribution is 0.102. The summed E-state index contributed by atoms with van der Waals surface area (Å²) in [6, 6.07) is 18.8. The molecule has 1 saturated heterocycles. The van der Waals surface area contributed by atoms with Gasteiger partial charge in [0.25, 0.3) is 5.91 Å². The zero-order valence-electron chi connectivity index (χ0n) is 16.7. The summed E-state index contributed by atoms with van der Waals surface area (Å²) in [7, 11) is 2.15. The molecule has 7 heteroatoms. The Morgan fingerprint density at radius 1 is 1.03 bits per heavy atom. The Hall–Kier alpha value is -2.38. The molecular formula is C23H23ClN4OS. The van der Waals surface area contributed by atoms with Crippen LogP contribution in [-0.4, -0.2) is 53.3 Å². The van der Waals surface area contributed by atoms with Gasteiger partial charge in [-0.1, -0.05) is 17.7 Å². The summed E-state index contributed by atoms with van der Waals surface area (Å²) in [6.45, 7) is 4.24. The number of pyridine rings is 1. The summed E-state index contributed by atoms with van der Waals surface area (Å²) in [5.41, 5.74) is 2.85. The van der Waals surface area contributed by atoms with Gasteiger partial charge in [-0.05, 0) is 73.6 Å². The molecule has 30 heavy (non-hydrogen) atoms. The Morgan fingerprint density at radius 3 is 2.50 bits per heavy atom. The second kappa shape index (κ2) is 9.62. The summed E-state index contributed by atoms with van der Waals surface area (Å²) in [4.78, 5) is 20.5. The predicted octanol–water partition coefficient (Wildman–Crippen LogP) is 4.91. The number of amides is 1. The number of hydrogen-bond acceptors (Lipinski definition) is 5. The van der Waals surface area contributed by atoms with Crippen molar-refractivity contribution in [3.8, 4) is 11.3 Å². The van der Waals surface area contributed by atoms with Crippen molar-refractivity contribution in [3.63, 3.8) is 0 Å². The molecule has 1 N–H and O–H groups in total. The first-order chi connectivity index (χ1) is 14.6. The van der Waals surface area contributed by atoms with Crippen LogP contribution < -0.4 is 5.32 Å². The monoisotopic (exact) mass is 438 g/mol. The molecule has 5 nitrogen and oxygen atoms in total. The first-order valence-electron chi connectivity index (χ1n) is 9.82. The standard InChI is InChI=1S/C23H23ClN4OS/c1-27-12-14-28(15-13-27)30-19-8-5-17(6-9-19)23(29)26-18-7-10-21(24)20(16-18)22-4-2-3-11-25-22/h2-11,16H,12-15H2,1H3,(H,26,29). The highest BCUT2D eigenvalue weighted by Gasteiger charge is 2.15. The van der Waals surface area contributed by atoms with Crippen molar-refractivity contribution < 1.29 is 4.79 Å². The largest absolute Gasteiger partial charge is 0.322 e. The van der Waals surface area contributed by atoms with Gasteiger partial charge in [-0.3, -0.25) is 9.78 Å². The molecule has 1 aliphatic rings. The van der Waals surface area contributed by atoms with Crippen LogP contribution in [0, 0.1) is 0 Å². The summed E-state index contributed by atoms with van der Waals surface area (Å²) in [5.74, 6) is -0.152. The lowest BCUT2D eigenvalue weighted by Gasteiger charge is -2.31. The van der Waals surface area contributed by atoms with Crippen LogP contribution >= 0.6 is 23.5 Å². The summed E-state index contributed by atoms with van der Waals surface area (Å²) in [5, 5.41) is 3.55.